The molecule has 0 spiro atoms. The molecule has 2 unspecified atom stereocenters. The second-order valence-corrected chi connectivity index (χ2v) is 4.46. The van der Waals surface area contributed by atoms with Crippen LogP contribution in [0.5, 0.6) is 0 Å². The Hall–Kier alpha value is -0.610. The highest BCUT2D eigenvalue weighted by Crippen LogP contribution is 2.28. The van der Waals surface area contributed by atoms with Crippen molar-refractivity contribution in [2.75, 3.05) is 6.61 Å². The van der Waals surface area contributed by atoms with E-state index in [4.69, 9.17) is 16.2 Å². The number of hydrogen-bond acceptors (Lipinski definition) is 3. The molecular formula is C11H22N2O2. The summed E-state index contributed by atoms with van der Waals surface area (Å²) in [7, 11) is 0. The highest BCUT2D eigenvalue weighted by Gasteiger charge is 2.38. The van der Waals surface area contributed by atoms with Gasteiger partial charge in [0.15, 0.2) is 0 Å². The maximum Gasteiger partial charge on any atom is 0.237 e. The Balaban J connectivity index is 2.38. The third kappa shape index (κ3) is 3.47. The highest BCUT2D eigenvalue weighted by molar-refractivity contribution is 5.84. The van der Waals surface area contributed by atoms with Gasteiger partial charge < -0.3 is 16.2 Å². The minimum Gasteiger partial charge on any atom is -0.378 e. The fourth-order valence-corrected chi connectivity index (χ4v) is 2.02. The van der Waals surface area contributed by atoms with E-state index in [0.29, 0.717) is 12.8 Å². The Labute approximate surface area is 91.3 Å². The topological polar surface area (TPSA) is 78.3 Å². The van der Waals surface area contributed by atoms with Crippen molar-refractivity contribution in [2.45, 2.75) is 57.1 Å². The van der Waals surface area contributed by atoms with Gasteiger partial charge >= 0.3 is 0 Å². The summed E-state index contributed by atoms with van der Waals surface area (Å²) < 4.78 is 5.68. The smallest absolute Gasteiger partial charge is 0.237 e. The van der Waals surface area contributed by atoms with Crippen molar-refractivity contribution in [2.24, 2.45) is 11.5 Å². The van der Waals surface area contributed by atoms with Gasteiger partial charge in [-0.05, 0) is 25.7 Å². The first kappa shape index (κ1) is 12.5. The molecule has 4 nitrogen and oxygen atoms in total. The maximum atomic E-state index is 11.2. The molecule has 88 valence electrons. The molecule has 1 aliphatic rings. The Kier molecular flexibility index (Phi) is 4.54. The monoisotopic (exact) mass is 214 g/mol. The molecule has 1 saturated carbocycles. The number of unbranched alkanes of at least 4 members (excludes halogenated alkanes) is 1. The second kappa shape index (κ2) is 5.47. The van der Waals surface area contributed by atoms with Crippen LogP contribution >= 0.6 is 0 Å². The lowest BCUT2D eigenvalue weighted by Gasteiger charge is -2.35. The lowest BCUT2D eigenvalue weighted by molar-refractivity contribution is -0.126. The van der Waals surface area contributed by atoms with E-state index in [-0.39, 0.29) is 6.10 Å². The predicted molar refractivity (Wildman–Crippen MR) is 59.2 cm³/mol. The first-order valence-electron chi connectivity index (χ1n) is 5.79. The molecule has 1 fully saturated rings. The average Bonchev–Trinajstić information content (AvgIpc) is 2.18. The molecule has 0 aliphatic heterocycles. The molecular weight excluding hydrogens is 192 g/mol. The maximum absolute atomic E-state index is 11.2. The zero-order valence-corrected chi connectivity index (χ0v) is 9.50. The Bertz CT molecular complexity index is 221. The molecule has 1 aliphatic carbocycles. The summed E-state index contributed by atoms with van der Waals surface area (Å²) in [4.78, 5) is 11.2. The normalized spacial score (nSPS) is 31.5. The van der Waals surface area contributed by atoms with Gasteiger partial charge in [0, 0.05) is 13.0 Å². The summed E-state index contributed by atoms with van der Waals surface area (Å²) >= 11 is 0. The summed E-state index contributed by atoms with van der Waals surface area (Å²) in [5.74, 6) is -0.397. The van der Waals surface area contributed by atoms with Crippen LogP contribution in [0.4, 0.5) is 0 Å². The minimum atomic E-state index is -0.838. The minimum absolute atomic E-state index is 0.114. The lowest BCUT2D eigenvalue weighted by atomic mass is 9.80. The number of rotatable bonds is 5. The van der Waals surface area contributed by atoms with Gasteiger partial charge in [-0.15, -0.1) is 0 Å². The van der Waals surface area contributed by atoms with E-state index in [2.05, 4.69) is 6.92 Å². The van der Waals surface area contributed by atoms with E-state index in [1.165, 1.54) is 0 Å². The van der Waals surface area contributed by atoms with Gasteiger partial charge in [0.25, 0.3) is 0 Å². The van der Waals surface area contributed by atoms with Gasteiger partial charge in [0.1, 0.15) is 0 Å². The number of amides is 1. The van der Waals surface area contributed by atoms with Crippen molar-refractivity contribution >= 4 is 5.91 Å². The molecule has 0 bridgehead atoms. The van der Waals surface area contributed by atoms with E-state index in [1.54, 1.807) is 0 Å². The van der Waals surface area contributed by atoms with E-state index in [1.807, 2.05) is 0 Å². The molecule has 0 heterocycles. The van der Waals surface area contributed by atoms with Gasteiger partial charge in [-0.25, -0.2) is 0 Å². The molecule has 0 aromatic heterocycles. The zero-order valence-electron chi connectivity index (χ0n) is 9.50. The summed E-state index contributed by atoms with van der Waals surface area (Å²) in [6.07, 6.45) is 5.48. The first-order valence-corrected chi connectivity index (χ1v) is 5.79. The zero-order chi connectivity index (χ0) is 11.3. The molecule has 1 amide bonds. The van der Waals surface area contributed by atoms with Gasteiger partial charge in [0.05, 0.1) is 11.6 Å². The van der Waals surface area contributed by atoms with Crippen molar-refractivity contribution in [3.05, 3.63) is 0 Å². The van der Waals surface area contributed by atoms with Crippen LogP contribution in [0.1, 0.15) is 45.4 Å². The van der Waals surface area contributed by atoms with Crippen LogP contribution in [-0.4, -0.2) is 24.2 Å². The van der Waals surface area contributed by atoms with Crippen molar-refractivity contribution < 1.29 is 9.53 Å². The van der Waals surface area contributed by atoms with Gasteiger partial charge in [-0.1, -0.05) is 13.3 Å². The Morgan fingerprint density at radius 3 is 2.93 bits per heavy atom. The van der Waals surface area contributed by atoms with E-state index >= 15 is 0 Å². The van der Waals surface area contributed by atoms with Crippen LogP contribution in [0.15, 0.2) is 0 Å². The largest absolute Gasteiger partial charge is 0.378 e. The second-order valence-electron chi connectivity index (χ2n) is 4.46. The predicted octanol–water partition coefficient (Wildman–Crippen LogP) is 0.928. The van der Waals surface area contributed by atoms with Crippen molar-refractivity contribution in [1.82, 2.24) is 0 Å². The highest BCUT2D eigenvalue weighted by atomic mass is 16.5. The number of carbonyl (C=O) groups is 1. The average molecular weight is 214 g/mol. The third-order valence-electron chi connectivity index (χ3n) is 3.08. The van der Waals surface area contributed by atoms with Crippen molar-refractivity contribution in [3.63, 3.8) is 0 Å². The van der Waals surface area contributed by atoms with Crippen LogP contribution in [-0.2, 0) is 9.53 Å². The Morgan fingerprint density at radius 2 is 2.33 bits per heavy atom. The van der Waals surface area contributed by atoms with Crippen LogP contribution in [0.25, 0.3) is 0 Å². The molecule has 1 rings (SSSR count). The number of nitrogens with two attached hydrogens (primary N) is 2. The molecule has 4 N–H and O–H groups in total. The van der Waals surface area contributed by atoms with Crippen LogP contribution in [0.3, 0.4) is 0 Å². The lowest BCUT2D eigenvalue weighted by Crippen LogP contribution is -2.56. The summed E-state index contributed by atoms with van der Waals surface area (Å²) in [6, 6.07) is 0. The molecule has 2 atom stereocenters. The first-order chi connectivity index (χ1) is 7.08. The third-order valence-corrected chi connectivity index (χ3v) is 3.08. The number of carbonyl (C=O) groups excluding carboxylic acids is 1. The number of primary amides is 1. The van der Waals surface area contributed by atoms with E-state index in [0.717, 1.165) is 32.3 Å². The van der Waals surface area contributed by atoms with Gasteiger partial charge in [0.2, 0.25) is 5.91 Å². The van der Waals surface area contributed by atoms with Gasteiger partial charge in [-0.3, -0.25) is 4.79 Å². The molecule has 0 radical (unpaired) electrons. The molecule has 4 heteroatoms. The van der Waals surface area contributed by atoms with E-state index in [9.17, 15) is 4.79 Å². The van der Waals surface area contributed by atoms with Crippen molar-refractivity contribution in [1.29, 1.82) is 0 Å². The van der Waals surface area contributed by atoms with Gasteiger partial charge in [-0.2, -0.15) is 0 Å². The van der Waals surface area contributed by atoms with Crippen molar-refractivity contribution in [3.8, 4) is 0 Å². The quantitative estimate of drug-likeness (QED) is 0.668. The SMILES string of the molecule is CCCCOC1CCCC(N)(C(N)=O)C1. The fourth-order valence-electron chi connectivity index (χ4n) is 2.02. The number of ether oxygens (including phenoxy) is 1. The molecule has 0 aromatic carbocycles. The van der Waals surface area contributed by atoms with Crippen LogP contribution < -0.4 is 11.5 Å². The standard InChI is InChI=1S/C11H22N2O2/c1-2-3-7-15-9-5-4-6-11(13,8-9)10(12)14/h9H,2-8,13H2,1H3,(H2,12,14). The number of hydrogen-bond donors (Lipinski definition) is 2. The molecule has 15 heavy (non-hydrogen) atoms. The van der Waals surface area contributed by atoms with E-state index < -0.39 is 11.4 Å². The van der Waals surface area contributed by atoms with Crippen LogP contribution in [0.2, 0.25) is 0 Å². The molecule has 0 aromatic rings. The summed E-state index contributed by atoms with van der Waals surface area (Å²) in [5, 5.41) is 0. The summed E-state index contributed by atoms with van der Waals surface area (Å²) in [6.45, 7) is 2.89. The Morgan fingerprint density at radius 1 is 1.60 bits per heavy atom. The summed E-state index contributed by atoms with van der Waals surface area (Å²) in [5.41, 5.74) is 10.4. The fraction of sp³-hybridized carbons (Fsp3) is 0.909. The van der Waals surface area contributed by atoms with Crippen LogP contribution in [0, 0.1) is 0 Å². The molecule has 0 saturated heterocycles.